The molecule has 3 aromatic carbocycles. The molecule has 0 spiro atoms. The van der Waals surface area contributed by atoms with Crippen LogP contribution in [0.4, 0.5) is 0 Å². The van der Waals surface area contributed by atoms with E-state index in [0.717, 1.165) is 16.9 Å². The lowest BCUT2D eigenvalue weighted by molar-refractivity contribution is 0.482. The first-order valence-electron chi connectivity index (χ1n) is 9.52. The molecular weight excluding hydrogens is 394 g/mol. The quantitative estimate of drug-likeness (QED) is 0.437. The standard InChI is InChI=1S/C24H17N3O2S/c28-23-21(15-18-10-7-13-20(14-18)29-19-11-5-2-6-12-19)30-24-25-22(26-27(23)24)16-17-8-3-1-4-9-17/h1-15H,16H2/b21-15-. The summed E-state index contributed by atoms with van der Waals surface area (Å²) in [7, 11) is 0. The number of thiazole rings is 1. The van der Waals surface area contributed by atoms with Gasteiger partial charge in [0.25, 0.3) is 5.56 Å². The molecule has 5 rings (SSSR count). The number of hydrogen-bond acceptors (Lipinski definition) is 5. The maximum atomic E-state index is 12.8. The fourth-order valence-electron chi connectivity index (χ4n) is 3.17. The predicted octanol–water partition coefficient (Wildman–Crippen LogP) is 4.08. The molecule has 0 amide bonds. The number of ether oxygens (including phenoxy) is 1. The molecule has 0 atom stereocenters. The summed E-state index contributed by atoms with van der Waals surface area (Å²) in [5.74, 6) is 2.13. The Labute approximate surface area is 176 Å². The fraction of sp³-hybridized carbons (Fsp3) is 0.0417. The van der Waals surface area contributed by atoms with Gasteiger partial charge < -0.3 is 4.74 Å². The molecule has 146 valence electrons. The van der Waals surface area contributed by atoms with Gasteiger partial charge in [-0.1, -0.05) is 72.0 Å². The van der Waals surface area contributed by atoms with Gasteiger partial charge in [0, 0.05) is 6.42 Å². The SMILES string of the molecule is O=c1/c(=C/c2cccc(Oc3ccccc3)c2)sc2nc(Cc3ccccc3)nn12. The first kappa shape index (κ1) is 18.3. The van der Waals surface area contributed by atoms with E-state index in [-0.39, 0.29) is 5.56 Å². The van der Waals surface area contributed by atoms with Crippen LogP contribution in [0.15, 0.2) is 89.7 Å². The molecule has 0 N–H and O–H groups in total. The highest BCUT2D eigenvalue weighted by Crippen LogP contribution is 2.22. The van der Waals surface area contributed by atoms with E-state index in [1.54, 1.807) is 0 Å². The lowest BCUT2D eigenvalue weighted by atomic mass is 10.1. The molecule has 0 saturated carbocycles. The molecule has 0 bridgehead atoms. The van der Waals surface area contributed by atoms with Crippen molar-refractivity contribution in [2.24, 2.45) is 0 Å². The summed E-state index contributed by atoms with van der Waals surface area (Å²) < 4.78 is 7.86. The van der Waals surface area contributed by atoms with Crippen LogP contribution >= 0.6 is 11.3 Å². The van der Waals surface area contributed by atoms with Crippen molar-refractivity contribution in [3.8, 4) is 11.5 Å². The molecule has 0 aliphatic carbocycles. The molecule has 2 aromatic heterocycles. The van der Waals surface area contributed by atoms with Crippen LogP contribution in [0.2, 0.25) is 0 Å². The smallest absolute Gasteiger partial charge is 0.291 e. The molecule has 5 nitrogen and oxygen atoms in total. The number of para-hydroxylation sites is 1. The Hall–Kier alpha value is -3.77. The average molecular weight is 411 g/mol. The van der Waals surface area contributed by atoms with Crippen molar-refractivity contribution in [1.29, 1.82) is 0 Å². The van der Waals surface area contributed by atoms with Crippen LogP contribution in [-0.4, -0.2) is 14.6 Å². The molecule has 0 aliphatic rings. The Balaban J connectivity index is 1.43. The van der Waals surface area contributed by atoms with Gasteiger partial charge >= 0.3 is 0 Å². The average Bonchev–Trinajstić information content (AvgIpc) is 3.28. The van der Waals surface area contributed by atoms with Crippen molar-refractivity contribution in [2.45, 2.75) is 6.42 Å². The first-order chi connectivity index (χ1) is 14.7. The van der Waals surface area contributed by atoms with E-state index in [9.17, 15) is 4.79 Å². The molecule has 30 heavy (non-hydrogen) atoms. The first-order valence-corrected chi connectivity index (χ1v) is 10.3. The van der Waals surface area contributed by atoms with E-state index in [1.807, 2.05) is 91.0 Å². The van der Waals surface area contributed by atoms with Gasteiger partial charge in [0.1, 0.15) is 11.5 Å². The minimum Gasteiger partial charge on any atom is -0.457 e. The normalized spacial score (nSPS) is 11.8. The van der Waals surface area contributed by atoms with Crippen molar-refractivity contribution < 1.29 is 4.74 Å². The molecule has 2 heterocycles. The number of hydrogen-bond donors (Lipinski definition) is 0. The van der Waals surface area contributed by atoms with Crippen molar-refractivity contribution in [3.63, 3.8) is 0 Å². The predicted molar refractivity (Wildman–Crippen MR) is 118 cm³/mol. The van der Waals surface area contributed by atoms with Gasteiger partial charge in [0.05, 0.1) is 4.53 Å². The summed E-state index contributed by atoms with van der Waals surface area (Å²) >= 11 is 1.34. The van der Waals surface area contributed by atoms with Gasteiger partial charge in [-0.3, -0.25) is 4.79 Å². The Morgan fingerprint density at radius 1 is 0.900 bits per heavy atom. The summed E-state index contributed by atoms with van der Waals surface area (Å²) in [6, 6.07) is 27.2. The summed E-state index contributed by atoms with van der Waals surface area (Å²) in [6.45, 7) is 0. The van der Waals surface area contributed by atoms with Crippen molar-refractivity contribution in [1.82, 2.24) is 14.6 Å². The number of fused-ring (bicyclic) bond motifs is 1. The highest BCUT2D eigenvalue weighted by molar-refractivity contribution is 7.15. The highest BCUT2D eigenvalue weighted by atomic mass is 32.1. The molecule has 5 aromatic rings. The highest BCUT2D eigenvalue weighted by Gasteiger charge is 2.11. The molecule has 0 fully saturated rings. The lowest BCUT2D eigenvalue weighted by Crippen LogP contribution is -2.23. The second-order valence-electron chi connectivity index (χ2n) is 6.79. The fourth-order valence-corrected chi connectivity index (χ4v) is 4.10. The van der Waals surface area contributed by atoms with E-state index in [0.29, 0.717) is 27.5 Å². The van der Waals surface area contributed by atoms with Crippen LogP contribution in [0, 0.1) is 0 Å². The third-order valence-electron chi connectivity index (χ3n) is 4.57. The molecule has 0 unspecified atom stereocenters. The van der Waals surface area contributed by atoms with E-state index < -0.39 is 0 Å². The molecule has 0 aliphatic heterocycles. The zero-order valence-corrected chi connectivity index (χ0v) is 16.8. The largest absolute Gasteiger partial charge is 0.457 e. The minimum absolute atomic E-state index is 0.156. The number of benzene rings is 3. The monoisotopic (exact) mass is 411 g/mol. The lowest BCUT2D eigenvalue weighted by Gasteiger charge is -2.05. The van der Waals surface area contributed by atoms with Gasteiger partial charge in [0.15, 0.2) is 5.82 Å². The summed E-state index contributed by atoms with van der Waals surface area (Å²) in [4.78, 5) is 17.9. The maximum absolute atomic E-state index is 12.8. The maximum Gasteiger partial charge on any atom is 0.291 e. The zero-order valence-electron chi connectivity index (χ0n) is 15.9. The van der Waals surface area contributed by atoms with E-state index in [1.165, 1.54) is 15.9 Å². The number of nitrogens with zero attached hydrogens (tertiary/aromatic N) is 3. The summed E-state index contributed by atoms with van der Waals surface area (Å²) in [5.41, 5.74) is 1.84. The second-order valence-corrected chi connectivity index (χ2v) is 7.80. The molecule has 0 saturated heterocycles. The third kappa shape index (κ3) is 3.86. The van der Waals surface area contributed by atoms with Crippen LogP contribution < -0.4 is 14.8 Å². The molecule has 6 heteroatoms. The van der Waals surface area contributed by atoms with E-state index >= 15 is 0 Å². The molecular formula is C24H17N3O2S. The topological polar surface area (TPSA) is 56.5 Å². The van der Waals surface area contributed by atoms with Gasteiger partial charge in [0.2, 0.25) is 4.96 Å². The summed E-state index contributed by atoms with van der Waals surface area (Å²) in [6.07, 6.45) is 2.45. The Bertz CT molecular complexity index is 1410. The zero-order chi connectivity index (χ0) is 20.3. The van der Waals surface area contributed by atoms with Crippen molar-refractivity contribution in [3.05, 3.63) is 117 Å². The van der Waals surface area contributed by atoms with E-state index in [4.69, 9.17) is 4.74 Å². The minimum atomic E-state index is -0.156. The summed E-state index contributed by atoms with van der Waals surface area (Å²) in [5, 5.41) is 4.40. The van der Waals surface area contributed by atoms with Crippen molar-refractivity contribution in [2.75, 3.05) is 0 Å². The van der Waals surface area contributed by atoms with Gasteiger partial charge in [-0.15, -0.1) is 5.10 Å². The van der Waals surface area contributed by atoms with Crippen LogP contribution in [0.1, 0.15) is 17.0 Å². The Morgan fingerprint density at radius 2 is 1.63 bits per heavy atom. The molecule has 0 radical (unpaired) electrons. The van der Waals surface area contributed by atoms with Gasteiger partial charge in [-0.05, 0) is 41.5 Å². The Kier molecular flexibility index (Phi) is 4.83. The van der Waals surface area contributed by atoms with Crippen LogP contribution in [0.3, 0.4) is 0 Å². The third-order valence-corrected chi connectivity index (χ3v) is 5.52. The van der Waals surface area contributed by atoms with Gasteiger partial charge in [-0.2, -0.15) is 4.52 Å². The number of aromatic nitrogens is 3. The van der Waals surface area contributed by atoms with Gasteiger partial charge in [-0.25, -0.2) is 4.98 Å². The van der Waals surface area contributed by atoms with Crippen LogP contribution in [0.25, 0.3) is 11.0 Å². The van der Waals surface area contributed by atoms with Crippen molar-refractivity contribution >= 4 is 22.4 Å². The van der Waals surface area contributed by atoms with E-state index in [2.05, 4.69) is 10.1 Å². The Morgan fingerprint density at radius 3 is 2.40 bits per heavy atom. The van der Waals surface area contributed by atoms with Crippen LogP contribution in [-0.2, 0) is 6.42 Å². The number of rotatable bonds is 5. The second kappa shape index (κ2) is 7.93. The van der Waals surface area contributed by atoms with Crippen LogP contribution in [0.5, 0.6) is 11.5 Å².